The third-order valence-electron chi connectivity index (χ3n) is 6.38. The van der Waals surface area contributed by atoms with Crippen molar-refractivity contribution in [2.45, 2.75) is 70.3 Å². The zero-order chi connectivity index (χ0) is 22.5. The summed E-state index contributed by atoms with van der Waals surface area (Å²) in [5, 5.41) is -0.132. The number of nitrogens with zero attached hydrogens (tertiary/aromatic N) is 4. The SMILES string of the molecule is CC1CCC(N(C(=O)Cn2c(=O)c3ccc(C(F)(F)F)nc3n(C)c2=O)C2CC2)CC1. The number of aromatic nitrogens is 3. The average molecular weight is 438 g/mol. The molecule has 2 heterocycles. The topological polar surface area (TPSA) is 77.2 Å². The molecule has 168 valence electrons. The standard InChI is InChI=1S/C21H25F3N4O3/c1-12-3-5-13(6-4-12)28(14-7-8-14)17(29)11-27-19(30)15-9-10-16(21(22,23)24)25-18(15)26(2)20(27)31/h9-10,12-14H,3-8,11H2,1-2H3. The van der Waals surface area contributed by atoms with E-state index < -0.39 is 29.7 Å². The first-order valence-corrected chi connectivity index (χ1v) is 10.6. The van der Waals surface area contributed by atoms with Crippen LogP contribution >= 0.6 is 0 Å². The van der Waals surface area contributed by atoms with E-state index >= 15 is 0 Å². The number of fused-ring (bicyclic) bond motifs is 1. The van der Waals surface area contributed by atoms with Crippen LogP contribution in [0.25, 0.3) is 11.0 Å². The van der Waals surface area contributed by atoms with Crippen molar-refractivity contribution in [1.29, 1.82) is 0 Å². The number of alkyl halides is 3. The molecule has 0 aliphatic heterocycles. The monoisotopic (exact) mass is 438 g/mol. The first-order chi connectivity index (χ1) is 14.6. The Labute approximate surface area is 176 Å². The highest BCUT2D eigenvalue weighted by molar-refractivity contribution is 5.78. The summed E-state index contributed by atoms with van der Waals surface area (Å²) in [5.74, 6) is 0.331. The number of rotatable bonds is 4. The van der Waals surface area contributed by atoms with Gasteiger partial charge in [-0.05, 0) is 56.6 Å². The zero-order valence-electron chi connectivity index (χ0n) is 17.5. The van der Waals surface area contributed by atoms with Crippen LogP contribution in [0.1, 0.15) is 51.1 Å². The smallest absolute Gasteiger partial charge is 0.335 e. The minimum atomic E-state index is -4.70. The summed E-state index contributed by atoms with van der Waals surface area (Å²) >= 11 is 0. The van der Waals surface area contributed by atoms with E-state index in [1.54, 1.807) is 0 Å². The van der Waals surface area contributed by atoms with Gasteiger partial charge in [-0.15, -0.1) is 0 Å². The van der Waals surface area contributed by atoms with Gasteiger partial charge in [0.15, 0.2) is 0 Å². The molecule has 1 amide bonds. The second-order valence-electron chi connectivity index (χ2n) is 8.74. The van der Waals surface area contributed by atoms with E-state index in [9.17, 15) is 27.6 Å². The molecular formula is C21H25F3N4O3. The maximum atomic E-state index is 13.2. The zero-order valence-corrected chi connectivity index (χ0v) is 17.5. The third kappa shape index (κ3) is 4.12. The molecule has 0 saturated heterocycles. The van der Waals surface area contributed by atoms with Crippen LogP contribution in [0.4, 0.5) is 13.2 Å². The van der Waals surface area contributed by atoms with Crippen molar-refractivity contribution in [3.63, 3.8) is 0 Å². The van der Waals surface area contributed by atoms with Crippen molar-refractivity contribution in [3.8, 4) is 0 Å². The number of amides is 1. The highest BCUT2D eigenvalue weighted by Gasteiger charge is 2.39. The van der Waals surface area contributed by atoms with Gasteiger partial charge >= 0.3 is 11.9 Å². The molecule has 10 heteroatoms. The number of carbonyl (C=O) groups excluding carboxylic acids is 1. The van der Waals surface area contributed by atoms with Gasteiger partial charge in [0, 0.05) is 19.1 Å². The summed E-state index contributed by atoms with van der Waals surface area (Å²) in [6, 6.07) is 1.96. The van der Waals surface area contributed by atoms with Crippen molar-refractivity contribution in [2.24, 2.45) is 13.0 Å². The van der Waals surface area contributed by atoms with Crippen LogP contribution in [-0.2, 0) is 24.6 Å². The van der Waals surface area contributed by atoms with E-state index in [-0.39, 0.29) is 29.0 Å². The first kappa shape index (κ1) is 21.6. The lowest BCUT2D eigenvalue weighted by Gasteiger charge is -2.36. The maximum absolute atomic E-state index is 13.2. The van der Waals surface area contributed by atoms with E-state index in [0.717, 1.165) is 53.7 Å². The quantitative estimate of drug-likeness (QED) is 0.736. The molecule has 0 unspecified atom stereocenters. The minimum Gasteiger partial charge on any atom is -0.335 e. The molecule has 0 bridgehead atoms. The van der Waals surface area contributed by atoms with E-state index in [4.69, 9.17) is 0 Å². The van der Waals surface area contributed by atoms with Crippen LogP contribution in [-0.4, -0.2) is 37.0 Å². The fraction of sp³-hybridized carbons (Fsp3) is 0.619. The van der Waals surface area contributed by atoms with E-state index in [0.29, 0.717) is 12.0 Å². The molecule has 0 atom stereocenters. The van der Waals surface area contributed by atoms with Crippen molar-refractivity contribution in [3.05, 3.63) is 38.7 Å². The predicted molar refractivity (Wildman–Crippen MR) is 108 cm³/mol. The molecule has 0 radical (unpaired) electrons. The molecule has 2 aromatic rings. The summed E-state index contributed by atoms with van der Waals surface area (Å²) in [4.78, 5) is 44.1. The Kier molecular flexibility index (Phi) is 5.43. The Morgan fingerprint density at radius 2 is 1.68 bits per heavy atom. The van der Waals surface area contributed by atoms with Crippen molar-refractivity contribution in [1.82, 2.24) is 19.0 Å². The second kappa shape index (κ2) is 7.80. The molecule has 2 aliphatic carbocycles. The Bertz CT molecular complexity index is 1130. The fourth-order valence-electron chi connectivity index (χ4n) is 4.47. The summed E-state index contributed by atoms with van der Waals surface area (Å²) in [7, 11) is 1.25. The Morgan fingerprint density at radius 3 is 2.23 bits per heavy atom. The summed E-state index contributed by atoms with van der Waals surface area (Å²) in [5.41, 5.74) is -3.20. The molecule has 2 saturated carbocycles. The van der Waals surface area contributed by atoms with Gasteiger partial charge in [-0.3, -0.25) is 18.7 Å². The molecule has 31 heavy (non-hydrogen) atoms. The van der Waals surface area contributed by atoms with E-state index in [1.807, 2.05) is 4.90 Å². The molecule has 7 nitrogen and oxygen atoms in total. The molecular weight excluding hydrogens is 413 g/mol. The number of halogens is 3. The van der Waals surface area contributed by atoms with Gasteiger partial charge in [0.2, 0.25) is 5.91 Å². The number of pyridine rings is 1. The highest BCUT2D eigenvalue weighted by atomic mass is 19.4. The summed E-state index contributed by atoms with van der Waals surface area (Å²) < 4.78 is 40.7. The number of hydrogen-bond acceptors (Lipinski definition) is 4. The van der Waals surface area contributed by atoms with Crippen LogP contribution in [0.2, 0.25) is 0 Å². The van der Waals surface area contributed by atoms with Crippen LogP contribution < -0.4 is 11.2 Å². The molecule has 0 aromatic carbocycles. The van der Waals surface area contributed by atoms with Crippen molar-refractivity contribution >= 4 is 16.9 Å². The third-order valence-corrected chi connectivity index (χ3v) is 6.38. The van der Waals surface area contributed by atoms with Gasteiger partial charge in [0.1, 0.15) is 17.9 Å². The van der Waals surface area contributed by atoms with Crippen LogP contribution in [0, 0.1) is 5.92 Å². The predicted octanol–water partition coefficient (Wildman–Crippen LogP) is 2.68. The Hall–Kier alpha value is -2.65. The number of hydrogen-bond donors (Lipinski definition) is 0. The van der Waals surface area contributed by atoms with Crippen LogP contribution in [0.3, 0.4) is 0 Å². The van der Waals surface area contributed by atoms with Gasteiger partial charge in [0.05, 0.1) is 5.39 Å². The second-order valence-corrected chi connectivity index (χ2v) is 8.74. The number of carbonyl (C=O) groups is 1. The number of aryl methyl sites for hydroxylation is 1. The van der Waals surface area contributed by atoms with Gasteiger partial charge in [0.25, 0.3) is 5.56 Å². The largest absolute Gasteiger partial charge is 0.433 e. The molecule has 0 spiro atoms. The minimum absolute atomic E-state index is 0.104. The lowest BCUT2D eigenvalue weighted by molar-refractivity contribution is -0.141. The average Bonchev–Trinajstić information content (AvgIpc) is 3.55. The lowest BCUT2D eigenvalue weighted by Crippen LogP contribution is -2.49. The van der Waals surface area contributed by atoms with Gasteiger partial charge in [-0.2, -0.15) is 13.2 Å². The summed E-state index contributed by atoms with van der Waals surface area (Å²) in [6.45, 7) is 1.76. The molecule has 0 N–H and O–H groups in total. The van der Waals surface area contributed by atoms with Crippen LogP contribution in [0.5, 0.6) is 0 Å². The van der Waals surface area contributed by atoms with Gasteiger partial charge in [-0.25, -0.2) is 9.78 Å². The van der Waals surface area contributed by atoms with Crippen molar-refractivity contribution in [2.75, 3.05) is 0 Å². The molecule has 2 aromatic heterocycles. The van der Waals surface area contributed by atoms with Gasteiger partial charge in [-0.1, -0.05) is 6.92 Å². The van der Waals surface area contributed by atoms with E-state index in [2.05, 4.69) is 11.9 Å². The molecule has 2 fully saturated rings. The molecule has 2 aliphatic rings. The maximum Gasteiger partial charge on any atom is 0.433 e. The lowest BCUT2D eigenvalue weighted by atomic mass is 9.86. The Morgan fingerprint density at radius 1 is 1.10 bits per heavy atom. The fourth-order valence-corrected chi connectivity index (χ4v) is 4.47. The van der Waals surface area contributed by atoms with Crippen LogP contribution in [0.15, 0.2) is 21.7 Å². The first-order valence-electron chi connectivity index (χ1n) is 10.6. The highest BCUT2D eigenvalue weighted by Crippen LogP contribution is 2.35. The van der Waals surface area contributed by atoms with Crippen molar-refractivity contribution < 1.29 is 18.0 Å². The van der Waals surface area contributed by atoms with E-state index in [1.165, 1.54) is 7.05 Å². The normalized spacial score (nSPS) is 22.0. The van der Waals surface area contributed by atoms with Gasteiger partial charge < -0.3 is 4.90 Å². The molecule has 4 rings (SSSR count). The Balaban J connectivity index is 1.68. The summed E-state index contributed by atoms with van der Waals surface area (Å²) in [6.07, 6.45) is 0.991.